The molecule has 0 spiro atoms. The fourth-order valence-corrected chi connectivity index (χ4v) is 2.88. The van der Waals surface area contributed by atoms with Crippen molar-refractivity contribution in [2.45, 2.75) is 27.3 Å². The third kappa shape index (κ3) is 3.13. The van der Waals surface area contributed by atoms with Gasteiger partial charge in [0.15, 0.2) is 0 Å². The predicted octanol–water partition coefficient (Wildman–Crippen LogP) is 3.97. The number of aromatic nitrogens is 5. The summed E-state index contributed by atoms with van der Waals surface area (Å²) in [6, 6.07) is 14.1. The van der Waals surface area contributed by atoms with Crippen molar-refractivity contribution < 1.29 is 4.52 Å². The van der Waals surface area contributed by atoms with Gasteiger partial charge in [0, 0.05) is 22.9 Å². The van der Waals surface area contributed by atoms with E-state index < -0.39 is 0 Å². The Labute approximate surface area is 151 Å². The first-order chi connectivity index (χ1) is 12.6. The highest BCUT2D eigenvalue weighted by Crippen LogP contribution is 2.24. The maximum absolute atomic E-state index is 5.23. The Morgan fingerprint density at radius 2 is 1.73 bits per heavy atom. The quantitative estimate of drug-likeness (QED) is 0.560. The second kappa shape index (κ2) is 6.55. The minimum atomic E-state index is 0.643. The minimum absolute atomic E-state index is 0.643. The highest BCUT2D eigenvalue weighted by molar-refractivity contribution is 5.69. The van der Waals surface area contributed by atoms with E-state index in [1.165, 1.54) is 0 Å². The predicted molar refractivity (Wildman–Crippen MR) is 98.5 cm³/mol. The number of hydrogen-bond donors (Lipinski definition) is 0. The molecule has 4 aromatic rings. The molecule has 0 aliphatic rings. The second-order valence-corrected chi connectivity index (χ2v) is 6.34. The summed E-state index contributed by atoms with van der Waals surface area (Å²) in [5.41, 5.74) is 6.72. The van der Waals surface area contributed by atoms with Crippen LogP contribution in [0, 0.1) is 20.8 Å². The summed E-state index contributed by atoms with van der Waals surface area (Å²) >= 11 is 0. The van der Waals surface area contributed by atoms with Crippen molar-refractivity contribution in [2.24, 2.45) is 0 Å². The molecule has 0 saturated carbocycles. The van der Waals surface area contributed by atoms with Crippen LogP contribution in [0.3, 0.4) is 0 Å². The van der Waals surface area contributed by atoms with E-state index in [0.717, 1.165) is 45.2 Å². The lowest BCUT2D eigenvalue weighted by atomic mass is 10.1. The summed E-state index contributed by atoms with van der Waals surface area (Å²) < 4.78 is 7.13. The van der Waals surface area contributed by atoms with Crippen molar-refractivity contribution in [3.8, 4) is 22.5 Å². The average molecular weight is 345 g/mol. The normalized spacial score (nSPS) is 11.0. The molecule has 3 heterocycles. The van der Waals surface area contributed by atoms with E-state index in [-0.39, 0.29) is 0 Å². The van der Waals surface area contributed by atoms with E-state index in [1.54, 1.807) is 0 Å². The van der Waals surface area contributed by atoms with Gasteiger partial charge in [-0.1, -0.05) is 23.4 Å². The molecular weight excluding hydrogens is 326 g/mol. The summed E-state index contributed by atoms with van der Waals surface area (Å²) in [4.78, 5) is 0. The monoisotopic (exact) mass is 345 g/mol. The van der Waals surface area contributed by atoms with Gasteiger partial charge in [-0.15, -0.1) is 0 Å². The molecule has 26 heavy (non-hydrogen) atoms. The largest absolute Gasteiger partial charge is 0.361 e. The fraction of sp³-hybridized carbons (Fsp3) is 0.200. The molecule has 0 fully saturated rings. The molecule has 0 unspecified atom stereocenters. The molecule has 0 bridgehead atoms. The van der Waals surface area contributed by atoms with Crippen molar-refractivity contribution in [3.63, 3.8) is 0 Å². The van der Waals surface area contributed by atoms with Crippen molar-refractivity contribution in [2.75, 3.05) is 0 Å². The van der Waals surface area contributed by atoms with E-state index >= 15 is 0 Å². The molecule has 3 aromatic heterocycles. The van der Waals surface area contributed by atoms with Gasteiger partial charge in [0.1, 0.15) is 5.76 Å². The maximum Gasteiger partial charge on any atom is 0.138 e. The highest BCUT2D eigenvalue weighted by Gasteiger charge is 2.11. The third-order valence-electron chi connectivity index (χ3n) is 4.39. The molecular formula is C20H19N5O. The van der Waals surface area contributed by atoms with Crippen molar-refractivity contribution in [1.82, 2.24) is 25.1 Å². The van der Waals surface area contributed by atoms with Gasteiger partial charge >= 0.3 is 0 Å². The molecule has 0 saturated heterocycles. The lowest BCUT2D eigenvalue weighted by Gasteiger charge is -2.04. The van der Waals surface area contributed by atoms with Crippen LogP contribution in [-0.4, -0.2) is 25.1 Å². The number of hydrogen-bond acceptors (Lipinski definition) is 5. The van der Waals surface area contributed by atoms with E-state index in [1.807, 2.05) is 68.0 Å². The van der Waals surface area contributed by atoms with Gasteiger partial charge in [0.25, 0.3) is 0 Å². The summed E-state index contributed by atoms with van der Waals surface area (Å²) in [5, 5.41) is 17.1. The van der Waals surface area contributed by atoms with Crippen LogP contribution in [0.1, 0.15) is 22.7 Å². The summed E-state index contributed by atoms with van der Waals surface area (Å²) in [7, 11) is 0. The zero-order valence-corrected chi connectivity index (χ0v) is 15.0. The van der Waals surface area contributed by atoms with E-state index in [9.17, 15) is 0 Å². The molecule has 0 radical (unpaired) electrons. The lowest BCUT2D eigenvalue weighted by Crippen LogP contribution is -2.02. The molecule has 6 heteroatoms. The third-order valence-corrected chi connectivity index (χ3v) is 4.39. The molecule has 0 atom stereocenters. The van der Waals surface area contributed by atoms with Crippen LogP contribution < -0.4 is 0 Å². The molecule has 4 rings (SSSR count). The number of benzene rings is 1. The first-order valence-corrected chi connectivity index (χ1v) is 8.46. The van der Waals surface area contributed by atoms with Crippen molar-refractivity contribution in [3.05, 3.63) is 71.4 Å². The van der Waals surface area contributed by atoms with Crippen LogP contribution in [0.2, 0.25) is 0 Å². The van der Waals surface area contributed by atoms with E-state index in [0.29, 0.717) is 6.54 Å². The van der Waals surface area contributed by atoms with E-state index in [2.05, 4.69) is 21.4 Å². The van der Waals surface area contributed by atoms with Gasteiger partial charge in [-0.3, -0.25) is 4.68 Å². The molecule has 0 amide bonds. The number of rotatable bonds is 4. The van der Waals surface area contributed by atoms with Gasteiger partial charge in [0.05, 0.1) is 29.3 Å². The summed E-state index contributed by atoms with van der Waals surface area (Å²) in [6.07, 6.45) is 1.97. The highest BCUT2D eigenvalue weighted by atomic mass is 16.5. The van der Waals surface area contributed by atoms with Crippen LogP contribution in [-0.2, 0) is 6.54 Å². The Kier molecular flexibility index (Phi) is 4.08. The van der Waals surface area contributed by atoms with Crippen LogP contribution in [0.5, 0.6) is 0 Å². The van der Waals surface area contributed by atoms with Crippen molar-refractivity contribution >= 4 is 0 Å². The second-order valence-electron chi connectivity index (χ2n) is 6.34. The Bertz CT molecular complexity index is 1030. The summed E-state index contributed by atoms with van der Waals surface area (Å²) in [6.45, 7) is 6.44. The molecule has 0 aliphatic heterocycles. The number of aryl methyl sites for hydroxylation is 3. The van der Waals surface area contributed by atoms with E-state index in [4.69, 9.17) is 9.62 Å². The van der Waals surface area contributed by atoms with Gasteiger partial charge in [-0.25, -0.2) is 0 Å². The topological polar surface area (TPSA) is 69.6 Å². The van der Waals surface area contributed by atoms with Gasteiger partial charge in [-0.05, 0) is 45.0 Å². The standard InChI is InChI=1S/C20H19N5O/c1-13-7-8-19(22-21-13)16-5-4-6-17(11-16)20-9-10-25(23-20)12-18-14(2)24-26-15(18)3/h4-11H,12H2,1-3H3. The van der Waals surface area contributed by atoms with Crippen LogP contribution in [0.15, 0.2) is 53.2 Å². The first-order valence-electron chi connectivity index (χ1n) is 8.46. The molecule has 1 aromatic carbocycles. The van der Waals surface area contributed by atoms with Crippen LogP contribution in [0.25, 0.3) is 22.5 Å². The zero-order valence-electron chi connectivity index (χ0n) is 15.0. The molecule has 0 aliphatic carbocycles. The maximum atomic E-state index is 5.23. The van der Waals surface area contributed by atoms with Gasteiger partial charge in [0.2, 0.25) is 0 Å². The summed E-state index contributed by atoms with van der Waals surface area (Å²) in [5.74, 6) is 0.833. The zero-order chi connectivity index (χ0) is 18.1. The first kappa shape index (κ1) is 16.2. The smallest absolute Gasteiger partial charge is 0.138 e. The van der Waals surface area contributed by atoms with Crippen LogP contribution in [0.4, 0.5) is 0 Å². The Balaban J connectivity index is 1.61. The molecule has 130 valence electrons. The molecule has 0 N–H and O–H groups in total. The minimum Gasteiger partial charge on any atom is -0.361 e. The van der Waals surface area contributed by atoms with Crippen LogP contribution >= 0.6 is 0 Å². The van der Waals surface area contributed by atoms with Gasteiger partial charge < -0.3 is 4.52 Å². The molecule has 6 nitrogen and oxygen atoms in total. The average Bonchev–Trinajstić information content (AvgIpc) is 3.25. The van der Waals surface area contributed by atoms with Gasteiger partial charge in [-0.2, -0.15) is 15.3 Å². The SMILES string of the molecule is Cc1ccc(-c2cccc(-c3ccn(Cc4c(C)noc4C)n3)c2)nn1. The number of nitrogens with zero attached hydrogens (tertiary/aromatic N) is 5. The van der Waals surface area contributed by atoms with Crippen molar-refractivity contribution in [1.29, 1.82) is 0 Å². The lowest BCUT2D eigenvalue weighted by molar-refractivity contribution is 0.391. The Morgan fingerprint density at radius 1 is 0.923 bits per heavy atom. The Morgan fingerprint density at radius 3 is 2.42 bits per heavy atom. The fourth-order valence-electron chi connectivity index (χ4n) is 2.88. The Hall–Kier alpha value is -3.28.